The molecule has 0 aliphatic carbocycles. The maximum Gasteiger partial charge on any atom is 0.115 e. The number of benzene rings is 1. The van der Waals surface area contributed by atoms with Crippen LogP contribution in [0.15, 0.2) is 48.6 Å². The van der Waals surface area contributed by atoms with Gasteiger partial charge in [0.05, 0.1) is 0 Å². The molecule has 0 unspecified atom stereocenters. The van der Waals surface area contributed by atoms with Gasteiger partial charge in [-0.1, -0.05) is 56.2 Å². The van der Waals surface area contributed by atoms with E-state index in [2.05, 4.69) is 37.3 Å². The Hall–Kier alpha value is -1.50. The van der Waals surface area contributed by atoms with Crippen LogP contribution in [0.3, 0.4) is 0 Å². The Kier molecular flexibility index (Phi) is 11.1. The van der Waals surface area contributed by atoms with Crippen LogP contribution in [0, 0.1) is 0 Å². The number of phenolic OH excluding ortho intramolecular Hbond substituents is 1. The Balaban J connectivity index is 1.94. The number of phenols is 1. The molecule has 0 heterocycles. The maximum absolute atomic E-state index is 9.39. The minimum Gasteiger partial charge on any atom is -0.508 e. The standard InChI is InChI=1S/C21H32O/c1-2-3-4-5-6-7-8-9-10-11-12-13-14-16-20-17-15-18-21(22)19-20/h6-7,12-13,15,17-19,22H,2-5,8-11,14,16H2,1H3/b7-6+,13-12+. The molecule has 0 amide bonds. The molecule has 0 fully saturated rings. The number of rotatable bonds is 12. The number of unbranched alkanes of at least 4 members (excludes halogenated alkanes) is 6. The normalized spacial score (nSPS) is 11.7. The summed E-state index contributed by atoms with van der Waals surface area (Å²) < 4.78 is 0. The summed E-state index contributed by atoms with van der Waals surface area (Å²) in [6.07, 6.45) is 21.6. The van der Waals surface area contributed by atoms with Crippen molar-refractivity contribution in [2.75, 3.05) is 0 Å². The van der Waals surface area contributed by atoms with Crippen molar-refractivity contribution in [2.45, 2.75) is 71.1 Å². The molecule has 0 aromatic heterocycles. The topological polar surface area (TPSA) is 20.2 Å². The molecule has 0 bridgehead atoms. The first-order valence-electron chi connectivity index (χ1n) is 8.91. The van der Waals surface area contributed by atoms with Crippen molar-refractivity contribution in [3.05, 3.63) is 54.1 Å². The third-order valence-corrected chi connectivity index (χ3v) is 3.81. The van der Waals surface area contributed by atoms with E-state index in [1.165, 1.54) is 56.9 Å². The van der Waals surface area contributed by atoms with Gasteiger partial charge < -0.3 is 5.11 Å². The average molecular weight is 300 g/mol. The van der Waals surface area contributed by atoms with E-state index in [0.717, 1.165) is 12.8 Å². The summed E-state index contributed by atoms with van der Waals surface area (Å²) in [7, 11) is 0. The summed E-state index contributed by atoms with van der Waals surface area (Å²) in [5, 5.41) is 9.39. The Morgan fingerprint density at radius 3 is 2.00 bits per heavy atom. The van der Waals surface area contributed by atoms with Crippen LogP contribution in [-0.2, 0) is 6.42 Å². The van der Waals surface area contributed by atoms with Crippen LogP contribution in [0.5, 0.6) is 5.75 Å². The molecule has 1 aromatic rings. The van der Waals surface area contributed by atoms with Gasteiger partial charge in [-0.2, -0.15) is 0 Å². The second-order valence-electron chi connectivity index (χ2n) is 5.93. The molecule has 1 N–H and O–H groups in total. The van der Waals surface area contributed by atoms with Gasteiger partial charge in [0.2, 0.25) is 0 Å². The smallest absolute Gasteiger partial charge is 0.115 e. The third-order valence-electron chi connectivity index (χ3n) is 3.81. The predicted molar refractivity (Wildman–Crippen MR) is 97.3 cm³/mol. The van der Waals surface area contributed by atoms with Gasteiger partial charge in [0.1, 0.15) is 5.75 Å². The summed E-state index contributed by atoms with van der Waals surface area (Å²) >= 11 is 0. The van der Waals surface area contributed by atoms with E-state index in [9.17, 15) is 5.11 Å². The minimum absolute atomic E-state index is 0.365. The van der Waals surface area contributed by atoms with Crippen LogP contribution in [0.1, 0.15) is 70.3 Å². The van der Waals surface area contributed by atoms with Gasteiger partial charge in [0, 0.05) is 0 Å². The van der Waals surface area contributed by atoms with Crippen LogP contribution in [0.4, 0.5) is 0 Å². The Morgan fingerprint density at radius 2 is 1.41 bits per heavy atom. The monoisotopic (exact) mass is 300 g/mol. The molecule has 0 saturated heterocycles. The third kappa shape index (κ3) is 10.3. The Morgan fingerprint density at radius 1 is 0.818 bits per heavy atom. The fourth-order valence-corrected chi connectivity index (χ4v) is 2.47. The van der Waals surface area contributed by atoms with E-state index in [4.69, 9.17) is 0 Å². The van der Waals surface area contributed by atoms with Crippen molar-refractivity contribution in [2.24, 2.45) is 0 Å². The zero-order valence-electron chi connectivity index (χ0n) is 14.1. The van der Waals surface area contributed by atoms with Gasteiger partial charge in [-0.3, -0.25) is 0 Å². The highest BCUT2D eigenvalue weighted by Gasteiger charge is 1.92. The predicted octanol–water partition coefficient (Wildman–Crippen LogP) is 6.58. The highest BCUT2D eigenvalue weighted by Crippen LogP contribution is 2.12. The SMILES string of the molecule is CCCCC/C=C/CCCC/C=C/CCc1cccc(O)c1. The summed E-state index contributed by atoms with van der Waals surface area (Å²) in [5.41, 5.74) is 1.21. The van der Waals surface area contributed by atoms with Crippen LogP contribution in [0.25, 0.3) is 0 Å². The van der Waals surface area contributed by atoms with E-state index in [1.807, 2.05) is 12.1 Å². The molecule has 0 spiro atoms. The zero-order chi connectivity index (χ0) is 15.9. The van der Waals surface area contributed by atoms with Gasteiger partial charge in [-0.15, -0.1) is 0 Å². The molecule has 1 rings (SSSR count). The first kappa shape index (κ1) is 18.5. The summed E-state index contributed by atoms with van der Waals surface area (Å²) in [5.74, 6) is 0.365. The van der Waals surface area contributed by atoms with Gasteiger partial charge in [-0.25, -0.2) is 0 Å². The largest absolute Gasteiger partial charge is 0.508 e. The average Bonchev–Trinajstić information content (AvgIpc) is 2.52. The van der Waals surface area contributed by atoms with Crippen LogP contribution >= 0.6 is 0 Å². The van der Waals surface area contributed by atoms with Crippen LogP contribution in [0.2, 0.25) is 0 Å². The molecular weight excluding hydrogens is 268 g/mol. The van der Waals surface area contributed by atoms with E-state index < -0.39 is 0 Å². The fraction of sp³-hybridized carbons (Fsp3) is 0.524. The molecule has 0 radical (unpaired) electrons. The lowest BCUT2D eigenvalue weighted by Gasteiger charge is -1.99. The van der Waals surface area contributed by atoms with Gasteiger partial charge in [0.15, 0.2) is 0 Å². The molecule has 22 heavy (non-hydrogen) atoms. The lowest BCUT2D eigenvalue weighted by atomic mass is 10.1. The highest BCUT2D eigenvalue weighted by molar-refractivity contribution is 5.27. The lowest BCUT2D eigenvalue weighted by Crippen LogP contribution is -1.82. The summed E-state index contributed by atoms with van der Waals surface area (Å²) in [6, 6.07) is 7.54. The number of aryl methyl sites for hydroxylation is 1. The number of hydrogen-bond donors (Lipinski definition) is 1. The van der Waals surface area contributed by atoms with Crippen molar-refractivity contribution in [3.63, 3.8) is 0 Å². The first-order chi connectivity index (χ1) is 10.8. The van der Waals surface area contributed by atoms with Crippen molar-refractivity contribution < 1.29 is 5.11 Å². The second kappa shape index (κ2) is 13.2. The maximum atomic E-state index is 9.39. The van der Waals surface area contributed by atoms with Crippen molar-refractivity contribution in [3.8, 4) is 5.75 Å². The zero-order valence-corrected chi connectivity index (χ0v) is 14.1. The Bertz CT molecular complexity index is 431. The van der Waals surface area contributed by atoms with Gasteiger partial charge in [-0.05, 0) is 69.1 Å². The molecule has 0 atom stereocenters. The van der Waals surface area contributed by atoms with Gasteiger partial charge >= 0.3 is 0 Å². The van der Waals surface area contributed by atoms with Crippen LogP contribution < -0.4 is 0 Å². The Labute approximate surface area is 136 Å². The van der Waals surface area contributed by atoms with Gasteiger partial charge in [0.25, 0.3) is 0 Å². The highest BCUT2D eigenvalue weighted by atomic mass is 16.3. The second-order valence-corrected chi connectivity index (χ2v) is 5.93. The van der Waals surface area contributed by atoms with E-state index in [1.54, 1.807) is 6.07 Å². The molecule has 1 nitrogen and oxygen atoms in total. The lowest BCUT2D eigenvalue weighted by molar-refractivity contribution is 0.474. The van der Waals surface area contributed by atoms with E-state index in [-0.39, 0.29) is 0 Å². The molecule has 122 valence electrons. The molecule has 0 aliphatic rings. The first-order valence-corrected chi connectivity index (χ1v) is 8.91. The van der Waals surface area contributed by atoms with Crippen LogP contribution in [-0.4, -0.2) is 5.11 Å². The van der Waals surface area contributed by atoms with Crippen molar-refractivity contribution in [1.29, 1.82) is 0 Å². The quantitative estimate of drug-likeness (QED) is 0.341. The van der Waals surface area contributed by atoms with E-state index in [0.29, 0.717) is 5.75 Å². The molecular formula is C21H32O. The molecule has 1 heteroatoms. The summed E-state index contributed by atoms with van der Waals surface area (Å²) in [6.45, 7) is 2.25. The number of aromatic hydroxyl groups is 1. The van der Waals surface area contributed by atoms with Crippen molar-refractivity contribution >= 4 is 0 Å². The number of hydrogen-bond acceptors (Lipinski definition) is 1. The van der Waals surface area contributed by atoms with E-state index >= 15 is 0 Å². The molecule has 0 aliphatic heterocycles. The summed E-state index contributed by atoms with van der Waals surface area (Å²) in [4.78, 5) is 0. The number of allylic oxidation sites excluding steroid dienone is 4. The fourth-order valence-electron chi connectivity index (χ4n) is 2.47. The van der Waals surface area contributed by atoms with Crippen molar-refractivity contribution in [1.82, 2.24) is 0 Å². The molecule has 1 aromatic carbocycles. The minimum atomic E-state index is 0.365. The molecule has 0 saturated carbocycles.